The third-order valence-corrected chi connectivity index (χ3v) is 6.30. The fourth-order valence-electron chi connectivity index (χ4n) is 4.40. The number of amides is 1. The molecule has 1 amide bonds. The quantitative estimate of drug-likeness (QED) is 0.715. The highest BCUT2D eigenvalue weighted by Gasteiger charge is 2.37. The van der Waals surface area contributed by atoms with E-state index in [1.165, 1.54) is 5.56 Å². The van der Waals surface area contributed by atoms with Crippen LogP contribution in [0.4, 0.5) is 10.5 Å². The highest BCUT2D eigenvalue weighted by molar-refractivity contribution is 5.87. The molecule has 3 aliphatic heterocycles. The molecule has 3 saturated heterocycles. The van der Waals surface area contributed by atoms with Crippen molar-refractivity contribution in [2.24, 2.45) is 5.92 Å². The van der Waals surface area contributed by atoms with Gasteiger partial charge in [0, 0.05) is 12.2 Å². The van der Waals surface area contributed by atoms with E-state index in [2.05, 4.69) is 49.9 Å². The number of hydrogen-bond donors (Lipinski definition) is 0. The van der Waals surface area contributed by atoms with E-state index in [9.17, 15) is 4.79 Å². The lowest BCUT2D eigenvalue weighted by Crippen LogP contribution is -2.53. The molecule has 2 bridgehead atoms. The van der Waals surface area contributed by atoms with Crippen LogP contribution in [0.5, 0.6) is 0 Å². The molecule has 0 aromatic heterocycles. The number of anilines is 1. The number of carbonyl (C=O) groups is 1. The fraction of sp³-hybridized carbons (Fsp3) is 0.480. The molecule has 0 aliphatic carbocycles. The van der Waals surface area contributed by atoms with Crippen molar-refractivity contribution >= 4 is 11.8 Å². The van der Waals surface area contributed by atoms with Crippen LogP contribution in [0.25, 0.3) is 0 Å². The zero-order valence-corrected chi connectivity index (χ0v) is 17.8. The van der Waals surface area contributed by atoms with Crippen molar-refractivity contribution in [1.82, 2.24) is 4.90 Å². The smallest absolute Gasteiger partial charge is 0.414 e. The Morgan fingerprint density at radius 2 is 1.69 bits per heavy atom. The summed E-state index contributed by atoms with van der Waals surface area (Å²) >= 11 is 0. The Labute approximate surface area is 174 Å². The van der Waals surface area contributed by atoms with Crippen LogP contribution in [0.15, 0.2) is 54.6 Å². The third-order valence-electron chi connectivity index (χ3n) is 6.30. The summed E-state index contributed by atoms with van der Waals surface area (Å²) in [6.45, 7) is 10.3. The maximum absolute atomic E-state index is 13.2. The second-order valence-corrected chi connectivity index (χ2v) is 9.43. The summed E-state index contributed by atoms with van der Waals surface area (Å²) < 4.78 is 6.04. The van der Waals surface area contributed by atoms with E-state index in [1.807, 2.05) is 30.3 Å². The average molecular weight is 393 g/mol. The number of hydrogen-bond acceptors (Lipinski definition) is 3. The van der Waals surface area contributed by atoms with Crippen molar-refractivity contribution in [3.8, 4) is 0 Å². The maximum atomic E-state index is 13.2. The van der Waals surface area contributed by atoms with Gasteiger partial charge in [-0.05, 0) is 60.5 Å². The zero-order chi connectivity index (χ0) is 20.4. The molecule has 4 heteroatoms. The van der Waals surface area contributed by atoms with Crippen LogP contribution in [0.3, 0.4) is 0 Å². The molecule has 3 heterocycles. The predicted octanol–water partition coefficient (Wildman–Crippen LogP) is 5.22. The first-order valence-electron chi connectivity index (χ1n) is 10.7. The summed E-state index contributed by atoms with van der Waals surface area (Å²) in [5, 5.41) is 0. The van der Waals surface area contributed by atoms with Crippen molar-refractivity contribution < 1.29 is 9.53 Å². The van der Waals surface area contributed by atoms with Crippen LogP contribution in [-0.4, -0.2) is 36.7 Å². The van der Waals surface area contributed by atoms with Gasteiger partial charge in [0.15, 0.2) is 0 Å². The van der Waals surface area contributed by atoms with E-state index < -0.39 is 0 Å². The van der Waals surface area contributed by atoms with Crippen LogP contribution in [0.1, 0.15) is 44.7 Å². The minimum absolute atomic E-state index is 0.0134. The van der Waals surface area contributed by atoms with Crippen LogP contribution in [0.2, 0.25) is 0 Å². The molecule has 1 atom stereocenters. The first-order chi connectivity index (χ1) is 13.9. The van der Waals surface area contributed by atoms with E-state index in [0.29, 0.717) is 12.5 Å². The van der Waals surface area contributed by atoms with Crippen molar-refractivity contribution in [3.05, 3.63) is 65.7 Å². The highest BCUT2D eigenvalue weighted by Crippen LogP contribution is 2.31. The lowest BCUT2D eigenvalue weighted by atomic mass is 9.86. The van der Waals surface area contributed by atoms with Gasteiger partial charge in [-0.3, -0.25) is 9.80 Å². The normalized spacial score (nSPS) is 23.6. The Hall–Kier alpha value is -2.33. The Morgan fingerprint density at radius 3 is 2.24 bits per heavy atom. The van der Waals surface area contributed by atoms with Crippen LogP contribution < -0.4 is 4.90 Å². The molecule has 0 N–H and O–H groups in total. The summed E-state index contributed by atoms with van der Waals surface area (Å²) in [7, 11) is 0. The van der Waals surface area contributed by atoms with Gasteiger partial charge < -0.3 is 4.74 Å². The van der Waals surface area contributed by atoms with E-state index in [4.69, 9.17) is 4.74 Å². The van der Waals surface area contributed by atoms with E-state index in [0.717, 1.165) is 43.7 Å². The molecule has 0 radical (unpaired) electrons. The van der Waals surface area contributed by atoms with Gasteiger partial charge in [0.25, 0.3) is 0 Å². The number of piperidine rings is 3. The standard InChI is InChI=1S/C25H32N2O2/c1-25(2,3)21-11-9-19(10-12-21)17-27(22-7-5-4-6-8-22)24(28)29-23-18-26-15-13-20(23)14-16-26/h4-12,20,23H,13-18H2,1-3H3. The number of rotatable bonds is 4. The van der Waals surface area contributed by atoms with Gasteiger partial charge in [0.05, 0.1) is 6.54 Å². The van der Waals surface area contributed by atoms with Crippen LogP contribution in [-0.2, 0) is 16.7 Å². The second-order valence-electron chi connectivity index (χ2n) is 9.43. The molecular weight excluding hydrogens is 360 g/mol. The summed E-state index contributed by atoms with van der Waals surface area (Å²) in [5.41, 5.74) is 3.39. The summed E-state index contributed by atoms with van der Waals surface area (Å²) in [4.78, 5) is 17.4. The summed E-state index contributed by atoms with van der Waals surface area (Å²) in [6, 6.07) is 18.4. The first kappa shape index (κ1) is 20.0. The van der Waals surface area contributed by atoms with E-state index in [-0.39, 0.29) is 17.6 Å². The molecule has 2 aromatic rings. The molecule has 5 rings (SSSR count). The highest BCUT2D eigenvalue weighted by atomic mass is 16.6. The molecule has 1 unspecified atom stereocenters. The summed E-state index contributed by atoms with van der Waals surface area (Å²) in [5.74, 6) is 0.507. The van der Waals surface area contributed by atoms with Gasteiger partial charge in [0.2, 0.25) is 0 Å². The number of carbonyl (C=O) groups excluding carboxylic acids is 1. The Kier molecular flexibility index (Phi) is 5.64. The SMILES string of the molecule is CC(C)(C)c1ccc(CN(C(=O)OC2CN3CCC2CC3)c2ccccc2)cc1. The lowest BCUT2D eigenvalue weighted by molar-refractivity contribution is -0.0311. The van der Waals surface area contributed by atoms with Crippen molar-refractivity contribution in [2.45, 2.75) is 51.7 Å². The molecule has 2 aromatic carbocycles. The molecule has 29 heavy (non-hydrogen) atoms. The molecule has 154 valence electrons. The van der Waals surface area contributed by atoms with Crippen molar-refractivity contribution in [3.63, 3.8) is 0 Å². The average Bonchev–Trinajstić information content (AvgIpc) is 2.73. The topological polar surface area (TPSA) is 32.8 Å². The van der Waals surface area contributed by atoms with Gasteiger partial charge in [0.1, 0.15) is 6.10 Å². The van der Waals surface area contributed by atoms with Crippen LogP contribution in [0, 0.1) is 5.92 Å². The molecular formula is C25H32N2O2. The number of ether oxygens (including phenoxy) is 1. The minimum Gasteiger partial charge on any atom is -0.444 e. The van der Waals surface area contributed by atoms with E-state index >= 15 is 0 Å². The first-order valence-corrected chi connectivity index (χ1v) is 10.7. The largest absolute Gasteiger partial charge is 0.444 e. The predicted molar refractivity (Wildman–Crippen MR) is 117 cm³/mol. The minimum atomic E-state index is -0.241. The molecule has 0 saturated carbocycles. The number of benzene rings is 2. The lowest BCUT2D eigenvalue weighted by Gasteiger charge is -2.44. The second kappa shape index (κ2) is 8.19. The zero-order valence-electron chi connectivity index (χ0n) is 17.8. The van der Waals surface area contributed by atoms with Crippen molar-refractivity contribution in [2.75, 3.05) is 24.5 Å². The molecule has 3 fully saturated rings. The molecule has 3 aliphatic rings. The van der Waals surface area contributed by atoms with Gasteiger partial charge in [-0.15, -0.1) is 0 Å². The Bertz CT molecular complexity index is 818. The molecule has 0 spiro atoms. The van der Waals surface area contributed by atoms with Gasteiger partial charge in [-0.2, -0.15) is 0 Å². The van der Waals surface area contributed by atoms with E-state index in [1.54, 1.807) is 4.90 Å². The number of fused-ring (bicyclic) bond motifs is 3. The van der Waals surface area contributed by atoms with Crippen LogP contribution >= 0.6 is 0 Å². The van der Waals surface area contributed by atoms with Crippen molar-refractivity contribution in [1.29, 1.82) is 0 Å². The fourth-order valence-corrected chi connectivity index (χ4v) is 4.40. The molecule has 4 nitrogen and oxygen atoms in total. The number of para-hydroxylation sites is 1. The Morgan fingerprint density at radius 1 is 1.03 bits per heavy atom. The van der Waals surface area contributed by atoms with Gasteiger partial charge in [-0.25, -0.2) is 4.79 Å². The summed E-state index contributed by atoms with van der Waals surface area (Å²) in [6.07, 6.45) is 2.05. The van der Waals surface area contributed by atoms with Gasteiger partial charge in [-0.1, -0.05) is 63.2 Å². The maximum Gasteiger partial charge on any atom is 0.414 e. The monoisotopic (exact) mass is 392 g/mol. The van der Waals surface area contributed by atoms with Gasteiger partial charge >= 0.3 is 6.09 Å². The third kappa shape index (κ3) is 4.64. The Balaban J connectivity index is 1.51. The number of nitrogens with zero attached hydrogens (tertiary/aromatic N) is 2.